The third kappa shape index (κ3) is 7.25. The first-order chi connectivity index (χ1) is 25.3. The van der Waals surface area contributed by atoms with E-state index < -0.39 is 0 Å². The number of thioether (sulfide) groups is 2. The lowest BCUT2D eigenvalue weighted by Crippen LogP contribution is -2.54. The minimum atomic E-state index is 0.922. The maximum absolute atomic E-state index is 3.38. The molecule has 10 aliphatic rings. The predicted molar refractivity (Wildman–Crippen MR) is 222 cm³/mol. The van der Waals surface area contributed by atoms with E-state index >= 15 is 0 Å². The molecule has 11 atom stereocenters. The summed E-state index contributed by atoms with van der Waals surface area (Å²) >= 11 is 5.18. The molecule has 10 rings (SSSR count). The van der Waals surface area contributed by atoms with Crippen LogP contribution in [0.1, 0.15) is 199 Å². The molecule has 0 radical (unpaired) electrons. The molecule has 3 heteroatoms. The first-order valence-electron chi connectivity index (χ1n) is 24.4. The summed E-state index contributed by atoms with van der Waals surface area (Å²) in [6.07, 6.45) is 48.5. The smallest absolute Gasteiger partial charge is 0.0123 e. The van der Waals surface area contributed by atoms with Crippen molar-refractivity contribution >= 4 is 23.5 Å². The van der Waals surface area contributed by atoms with Crippen molar-refractivity contribution in [2.75, 3.05) is 0 Å². The highest BCUT2D eigenvalue weighted by molar-refractivity contribution is 8.02. The van der Waals surface area contributed by atoms with E-state index in [0.717, 1.165) is 98.3 Å². The largest absolute Gasteiger partial charge is 0.294 e. The van der Waals surface area contributed by atoms with Gasteiger partial charge in [0.05, 0.1) is 0 Å². The molecule has 0 N–H and O–H groups in total. The third-order valence-electron chi connectivity index (χ3n) is 19.1. The summed E-state index contributed by atoms with van der Waals surface area (Å²) in [4.78, 5) is 3.38. The Kier molecular flexibility index (Phi) is 11.5. The Bertz CT molecular complexity index is 1110. The van der Waals surface area contributed by atoms with Crippen molar-refractivity contribution in [3.8, 4) is 0 Å². The Labute approximate surface area is 324 Å². The van der Waals surface area contributed by atoms with Gasteiger partial charge in [0.2, 0.25) is 0 Å². The van der Waals surface area contributed by atoms with E-state index in [-0.39, 0.29) is 0 Å². The molecule has 2 heterocycles. The van der Waals surface area contributed by atoms with Gasteiger partial charge in [0.15, 0.2) is 0 Å². The molecule has 0 amide bonds. The van der Waals surface area contributed by atoms with Crippen molar-refractivity contribution in [3.05, 3.63) is 0 Å². The summed E-state index contributed by atoms with van der Waals surface area (Å²) in [5.74, 6) is 10.8. The van der Waals surface area contributed by atoms with Crippen molar-refractivity contribution in [2.45, 2.75) is 238 Å². The first kappa shape index (κ1) is 36.0. The van der Waals surface area contributed by atoms with Crippen LogP contribution in [-0.2, 0) is 0 Å². The number of hydrogen-bond acceptors (Lipinski definition) is 3. The van der Waals surface area contributed by atoms with Crippen molar-refractivity contribution in [2.24, 2.45) is 59.2 Å². The molecule has 2 aliphatic heterocycles. The summed E-state index contributed by atoms with van der Waals surface area (Å²) in [6, 6.07) is 2.78. The third-order valence-corrected chi connectivity index (χ3v) is 22.9. The summed E-state index contributed by atoms with van der Waals surface area (Å²) in [6.45, 7) is 0. The molecular formula is C48H79NS2. The van der Waals surface area contributed by atoms with Gasteiger partial charge < -0.3 is 0 Å². The highest BCUT2D eigenvalue weighted by Gasteiger charge is 2.59. The summed E-state index contributed by atoms with van der Waals surface area (Å²) in [5.41, 5.74) is 0. The fraction of sp³-hybridized carbons (Fsp3) is 1.00. The molecule has 0 aromatic carbocycles. The lowest BCUT2D eigenvalue weighted by Gasteiger charge is -2.52. The average Bonchev–Trinajstić information content (AvgIpc) is 3.78. The molecule has 2 saturated heterocycles. The van der Waals surface area contributed by atoms with Crippen LogP contribution in [0.3, 0.4) is 0 Å². The van der Waals surface area contributed by atoms with E-state index in [1.165, 1.54) is 44.9 Å². The highest BCUT2D eigenvalue weighted by Crippen LogP contribution is 2.66. The SMILES string of the molecule is C1CCC(C2CCC(N(C3CCC(C4CCCC5C6CCC7SC8CCCCC8C7C6SC45)CC3)C3CCCC(C4CCCCC4)C3)CC2)CC1. The van der Waals surface area contributed by atoms with Crippen LogP contribution in [-0.4, -0.2) is 44.0 Å². The number of rotatable bonds is 6. The molecule has 8 saturated carbocycles. The Balaban J connectivity index is 0.817. The van der Waals surface area contributed by atoms with Crippen LogP contribution in [0.15, 0.2) is 0 Å². The average molecular weight is 734 g/mol. The van der Waals surface area contributed by atoms with Crippen LogP contribution in [0.25, 0.3) is 0 Å². The van der Waals surface area contributed by atoms with Gasteiger partial charge in [-0.25, -0.2) is 0 Å². The molecule has 0 aromatic heterocycles. The molecule has 1 nitrogen and oxygen atoms in total. The van der Waals surface area contributed by atoms with Crippen molar-refractivity contribution in [3.63, 3.8) is 0 Å². The summed E-state index contributed by atoms with van der Waals surface area (Å²) < 4.78 is 0. The highest BCUT2D eigenvalue weighted by atomic mass is 32.2. The van der Waals surface area contributed by atoms with Gasteiger partial charge in [-0.2, -0.15) is 23.5 Å². The Hall–Kier alpha value is 0.660. The van der Waals surface area contributed by atoms with Crippen molar-refractivity contribution in [1.29, 1.82) is 0 Å². The Morgan fingerprint density at radius 3 is 1.59 bits per heavy atom. The quantitative estimate of drug-likeness (QED) is 0.268. The van der Waals surface area contributed by atoms with Gasteiger partial charge >= 0.3 is 0 Å². The van der Waals surface area contributed by atoms with Gasteiger partial charge in [-0.1, -0.05) is 96.3 Å². The van der Waals surface area contributed by atoms with E-state index in [0.29, 0.717) is 0 Å². The minimum absolute atomic E-state index is 0.922. The molecule has 10 fully saturated rings. The molecule has 8 aliphatic carbocycles. The fourth-order valence-corrected chi connectivity index (χ4v) is 21.6. The fourth-order valence-electron chi connectivity index (χ4n) is 16.8. The number of nitrogens with zero attached hydrogens (tertiary/aromatic N) is 1. The predicted octanol–water partition coefficient (Wildman–Crippen LogP) is 13.7. The zero-order chi connectivity index (χ0) is 33.7. The summed E-state index contributed by atoms with van der Waals surface area (Å²) in [7, 11) is 0. The van der Waals surface area contributed by atoms with E-state index in [1.807, 2.05) is 0 Å². The molecule has 51 heavy (non-hydrogen) atoms. The lowest BCUT2D eigenvalue weighted by molar-refractivity contribution is -0.0164. The molecule has 0 aromatic rings. The first-order valence-corrected chi connectivity index (χ1v) is 26.3. The zero-order valence-electron chi connectivity index (χ0n) is 33.0. The van der Waals surface area contributed by atoms with E-state index in [2.05, 4.69) is 28.4 Å². The second kappa shape index (κ2) is 16.3. The van der Waals surface area contributed by atoms with Crippen molar-refractivity contribution < 1.29 is 0 Å². The maximum atomic E-state index is 3.38. The van der Waals surface area contributed by atoms with Gasteiger partial charge in [-0.05, 0) is 162 Å². The topological polar surface area (TPSA) is 3.24 Å². The lowest BCUT2D eigenvalue weighted by atomic mass is 9.62. The van der Waals surface area contributed by atoms with Crippen LogP contribution in [0, 0.1) is 59.2 Å². The molecule has 0 bridgehead atoms. The van der Waals surface area contributed by atoms with Crippen LogP contribution in [0.5, 0.6) is 0 Å². The second-order valence-electron chi connectivity index (χ2n) is 21.3. The maximum Gasteiger partial charge on any atom is 0.0123 e. The van der Waals surface area contributed by atoms with E-state index in [1.54, 1.807) is 154 Å². The molecular weight excluding hydrogens is 655 g/mol. The van der Waals surface area contributed by atoms with E-state index in [9.17, 15) is 0 Å². The van der Waals surface area contributed by atoms with E-state index in [4.69, 9.17) is 0 Å². The monoisotopic (exact) mass is 734 g/mol. The molecule has 0 spiro atoms. The van der Waals surface area contributed by atoms with Gasteiger partial charge in [0.25, 0.3) is 0 Å². The normalized spacial score (nSPS) is 49.9. The van der Waals surface area contributed by atoms with Crippen LogP contribution < -0.4 is 0 Å². The Morgan fingerprint density at radius 1 is 0.294 bits per heavy atom. The standard InChI is InChI=1S/C48H79NS2/c1-3-11-32(12-4-1)34-21-25-37(26-22-34)49(39-16-9-15-36(31-39)33-13-5-2-6-14-33)38-27-23-35(24-28-38)40-18-10-19-41-42-29-30-45-46(48(42)51-47(40)41)43-17-7-8-20-44(43)50-45/h32-48H,1-31H2. The Morgan fingerprint density at radius 2 is 0.843 bits per heavy atom. The van der Waals surface area contributed by atoms with Gasteiger partial charge in [-0.3, -0.25) is 4.90 Å². The molecule has 11 unspecified atom stereocenters. The summed E-state index contributed by atoms with van der Waals surface area (Å²) in [5, 5.41) is 4.19. The zero-order valence-corrected chi connectivity index (χ0v) is 34.6. The van der Waals surface area contributed by atoms with Crippen LogP contribution in [0.2, 0.25) is 0 Å². The number of fused-ring (bicyclic) bond motifs is 7. The van der Waals surface area contributed by atoms with Gasteiger partial charge in [-0.15, -0.1) is 0 Å². The minimum Gasteiger partial charge on any atom is -0.294 e. The van der Waals surface area contributed by atoms with Crippen LogP contribution >= 0.6 is 23.5 Å². The van der Waals surface area contributed by atoms with Gasteiger partial charge in [0.1, 0.15) is 0 Å². The number of hydrogen-bond donors (Lipinski definition) is 0. The van der Waals surface area contributed by atoms with Crippen LogP contribution in [0.4, 0.5) is 0 Å². The van der Waals surface area contributed by atoms with Crippen molar-refractivity contribution in [1.82, 2.24) is 4.90 Å². The molecule has 288 valence electrons. The second-order valence-corrected chi connectivity index (χ2v) is 24.1. The van der Waals surface area contributed by atoms with Gasteiger partial charge in [0, 0.05) is 39.1 Å².